The highest BCUT2D eigenvalue weighted by molar-refractivity contribution is 6.29. The van der Waals surface area contributed by atoms with Crippen LogP contribution in [0.15, 0.2) is 48.7 Å². The van der Waals surface area contributed by atoms with Crippen molar-refractivity contribution in [2.24, 2.45) is 0 Å². The van der Waals surface area contributed by atoms with E-state index in [-0.39, 0.29) is 0 Å². The molecule has 0 aliphatic heterocycles. The van der Waals surface area contributed by atoms with Crippen molar-refractivity contribution in [1.82, 2.24) is 20.1 Å². The highest BCUT2D eigenvalue weighted by atomic mass is 35.5. The molecule has 0 bridgehead atoms. The van der Waals surface area contributed by atoms with Gasteiger partial charge >= 0.3 is 6.09 Å². The maximum atomic E-state index is 11.9. The van der Waals surface area contributed by atoms with Crippen LogP contribution in [0.4, 0.5) is 4.79 Å². The van der Waals surface area contributed by atoms with Crippen molar-refractivity contribution in [3.63, 3.8) is 0 Å². The summed E-state index contributed by atoms with van der Waals surface area (Å²) in [5.41, 5.74) is 1.85. The molecule has 1 unspecified atom stereocenters. The molecule has 9 heteroatoms. The Labute approximate surface area is 186 Å². The molecule has 0 saturated carbocycles. The summed E-state index contributed by atoms with van der Waals surface area (Å²) in [6, 6.07) is 12.8. The molecular formula is C22H25ClN4O4. The van der Waals surface area contributed by atoms with Gasteiger partial charge in [-0.3, -0.25) is 5.32 Å². The van der Waals surface area contributed by atoms with Crippen LogP contribution in [0.2, 0.25) is 5.15 Å². The van der Waals surface area contributed by atoms with Crippen molar-refractivity contribution in [3.8, 4) is 28.6 Å². The first kappa shape index (κ1) is 22.4. The minimum atomic E-state index is -0.574. The van der Waals surface area contributed by atoms with E-state index in [1.165, 1.54) is 0 Å². The predicted octanol–water partition coefficient (Wildman–Crippen LogP) is 4.85. The number of methoxy groups -OCH3 is 1. The Morgan fingerprint density at radius 1 is 1.16 bits per heavy atom. The van der Waals surface area contributed by atoms with E-state index < -0.39 is 17.9 Å². The number of nitrogens with zero attached hydrogens (tertiary/aromatic N) is 3. The van der Waals surface area contributed by atoms with Crippen molar-refractivity contribution in [2.75, 3.05) is 7.11 Å². The van der Waals surface area contributed by atoms with Gasteiger partial charge in [0.05, 0.1) is 24.7 Å². The van der Waals surface area contributed by atoms with E-state index in [9.17, 15) is 4.79 Å². The predicted molar refractivity (Wildman–Crippen MR) is 118 cm³/mol. The molecule has 1 atom stereocenters. The molecule has 8 nitrogen and oxygen atoms in total. The van der Waals surface area contributed by atoms with Gasteiger partial charge in [-0.1, -0.05) is 11.6 Å². The van der Waals surface area contributed by atoms with E-state index in [2.05, 4.69) is 15.4 Å². The molecule has 1 N–H and O–H groups in total. The van der Waals surface area contributed by atoms with E-state index in [0.717, 1.165) is 16.9 Å². The van der Waals surface area contributed by atoms with Gasteiger partial charge in [-0.25, -0.2) is 14.5 Å². The average molecular weight is 445 g/mol. The molecule has 0 spiro atoms. The van der Waals surface area contributed by atoms with E-state index in [4.69, 9.17) is 25.8 Å². The average Bonchev–Trinajstić information content (AvgIpc) is 3.08. The number of nitrogens with one attached hydrogen (secondary N) is 1. The topological polar surface area (TPSA) is 87.5 Å². The summed E-state index contributed by atoms with van der Waals surface area (Å²) in [6.07, 6.45) is 0.557. The fraction of sp³-hybridized carbons (Fsp3) is 0.318. The SMILES string of the molecule is COc1ccc(-n2nc(Cl)cc2-c2ccc(OC(C)NC(=O)OC(C)(C)C)cc2)cn1. The number of amides is 1. The van der Waals surface area contributed by atoms with Gasteiger partial charge in [-0.2, -0.15) is 5.10 Å². The number of alkyl carbamates (subject to hydrolysis) is 1. The lowest BCUT2D eigenvalue weighted by atomic mass is 10.1. The smallest absolute Gasteiger partial charge is 0.410 e. The summed E-state index contributed by atoms with van der Waals surface area (Å²) in [5.74, 6) is 1.11. The van der Waals surface area contributed by atoms with Gasteiger partial charge in [0.2, 0.25) is 5.88 Å². The lowest BCUT2D eigenvalue weighted by Gasteiger charge is -2.22. The molecule has 2 aromatic heterocycles. The summed E-state index contributed by atoms with van der Waals surface area (Å²) >= 11 is 6.16. The number of hydrogen-bond acceptors (Lipinski definition) is 6. The first-order valence-electron chi connectivity index (χ1n) is 9.67. The fourth-order valence-electron chi connectivity index (χ4n) is 2.78. The summed E-state index contributed by atoms with van der Waals surface area (Å²) in [4.78, 5) is 16.1. The zero-order valence-electron chi connectivity index (χ0n) is 18.0. The van der Waals surface area contributed by atoms with Gasteiger partial charge in [-0.15, -0.1) is 0 Å². The van der Waals surface area contributed by atoms with Gasteiger partial charge in [0.1, 0.15) is 11.4 Å². The lowest BCUT2D eigenvalue weighted by Crippen LogP contribution is -2.40. The van der Waals surface area contributed by atoms with Gasteiger partial charge in [-0.05, 0) is 58.0 Å². The summed E-state index contributed by atoms with van der Waals surface area (Å²) in [5, 5.41) is 7.36. The number of carbonyl (C=O) groups excluding carboxylic acids is 1. The van der Waals surface area contributed by atoms with Crippen LogP contribution in [-0.4, -0.2) is 39.8 Å². The largest absolute Gasteiger partial charge is 0.481 e. The third kappa shape index (κ3) is 6.11. The molecule has 2 heterocycles. The van der Waals surface area contributed by atoms with E-state index in [1.807, 2.05) is 18.2 Å². The van der Waals surface area contributed by atoms with Gasteiger partial charge < -0.3 is 14.2 Å². The quantitative estimate of drug-likeness (QED) is 0.547. The van der Waals surface area contributed by atoms with Gasteiger partial charge in [0.25, 0.3) is 0 Å². The fourth-order valence-corrected chi connectivity index (χ4v) is 2.96. The second-order valence-electron chi connectivity index (χ2n) is 7.75. The minimum absolute atomic E-state index is 0.362. The van der Waals surface area contributed by atoms with Crippen LogP contribution < -0.4 is 14.8 Å². The van der Waals surface area contributed by atoms with Gasteiger partial charge in [0.15, 0.2) is 11.4 Å². The molecule has 0 radical (unpaired) electrons. The Bertz CT molecular complexity index is 1030. The van der Waals surface area contributed by atoms with E-state index in [0.29, 0.717) is 16.8 Å². The molecule has 31 heavy (non-hydrogen) atoms. The first-order chi connectivity index (χ1) is 14.6. The van der Waals surface area contributed by atoms with Crippen molar-refractivity contribution in [3.05, 3.63) is 53.8 Å². The lowest BCUT2D eigenvalue weighted by molar-refractivity contribution is 0.0414. The highest BCUT2D eigenvalue weighted by Gasteiger charge is 2.18. The number of carbonyl (C=O) groups is 1. The summed E-state index contributed by atoms with van der Waals surface area (Å²) < 4.78 is 17.8. The molecule has 0 fully saturated rings. The molecular weight excluding hydrogens is 420 g/mol. The number of halogens is 1. The van der Waals surface area contributed by atoms with Crippen molar-refractivity contribution >= 4 is 17.7 Å². The van der Waals surface area contributed by atoms with E-state index in [1.54, 1.807) is 69.9 Å². The Hall–Kier alpha value is -3.26. The number of aromatic nitrogens is 3. The molecule has 0 saturated heterocycles. The monoisotopic (exact) mass is 444 g/mol. The maximum absolute atomic E-state index is 11.9. The number of rotatable bonds is 6. The standard InChI is InChI=1S/C22H25ClN4O4/c1-14(25-21(28)31-22(2,3)4)30-17-9-6-15(7-10-17)18-12-19(23)26-27(18)16-8-11-20(29-5)24-13-16/h6-14H,1-5H3,(H,25,28). The van der Waals surface area contributed by atoms with Crippen LogP contribution in [0.1, 0.15) is 27.7 Å². The first-order valence-corrected chi connectivity index (χ1v) is 10.0. The summed E-state index contributed by atoms with van der Waals surface area (Å²) in [7, 11) is 1.56. The van der Waals surface area contributed by atoms with Crippen LogP contribution in [0, 0.1) is 0 Å². The second-order valence-corrected chi connectivity index (χ2v) is 8.14. The Morgan fingerprint density at radius 2 is 1.87 bits per heavy atom. The zero-order chi connectivity index (χ0) is 22.6. The molecule has 0 aliphatic rings. The molecule has 164 valence electrons. The van der Waals surface area contributed by atoms with E-state index >= 15 is 0 Å². The van der Waals surface area contributed by atoms with Crippen LogP contribution >= 0.6 is 11.6 Å². The highest BCUT2D eigenvalue weighted by Crippen LogP contribution is 2.28. The number of pyridine rings is 1. The maximum Gasteiger partial charge on any atom is 0.410 e. The Morgan fingerprint density at radius 3 is 2.45 bits per heavy atom. The zero-order valence-corrected chi connectivity index (χ0v) is 18.8. The third-order valence-electron chi connectivity index (χ3n) is 4.04. The second kappa shape index (κ2) is 9.26. The normalized spacial score (nSPS) is 12.2. The number of ether oxygens (including phenoxy) is 3. The number of benzene rings is 1. The third-order valence-corrected chi connectivity index (χ3v) is 4.22. The van der Waals surface area contributed by atoms with Crippen LogP contribution in [0.25, 0.3) is 16.9 Å². The molecule has 0 aliphatic carbocycles. The van der Waals surface area contributed by atoms with Gasteiger partial charge in [0, 0.05) is 17.7 Å². The summed E-state index contributed by atoms with van der Waals surface area (Å²) in [6.45, 7) is 7.13. The van der Waals surface area contributed by atoms with Crippen molar-refractivity contribution < 1.29 is 19.0 Å². The Kier molecular flexibility index (Phi) is 6.70. The number of hydrogen-bond donors (Lipinski definition) is 1. The molecule has 3 aromatic rings. The molecule has 1 amide bonds. The minimum Gasteiger partial charge on any atom is -0.481 e. The van der Waals surface area contributed by atoms with Crippen molar-refractivity contribution in [2.45, 2.75) is 39.5 Å². The molecule has 1 aromatic carbocycles. The van der Waals surface area contributed by atoms with Crippen LogP contribution in [-0.2, 0) is 4.74 Å². The van der Waals surface area contributed by atoms with Crippen LogP contribution in [0.3, 0.4) is 0 Å². The molecule has 3 rings (SSSR count). The Balaban J connectivity index is 1.72. The van der Waals surface area contributed by atoms with Crippen molar-refractivity contribution in [1.29, 1.82) is 0 Å². The van der Waals surface area contributed by atoms with Crippen LogP contribution in [0.5, 0.6) is 11.6 Å².